The van der Waals surface area contributed by atoms with E-state index in [9.17, 15) is 4.79 Å². The zero-order valence-electron chi connectivity index (χ0n) is 12.3. The summed E-state index contributed by atoms with van der Waals surface area (Å²) in [5.41, 5.74) is 1.11. The molecule has 2 heterocycles. The summed E-state index contributed by atoms with van der Waals surface area (Å²) in [5, 5.41) is 3.35. The van der Waals surface area contributed by atoms with Crippen LogP contribution in [0.15, 0.2) is 6.20 Å². The van der Waals surface area contributed by atoms with Gasteiger partial charge in [-0.05, 0) is 33.7 Å². The van der Waals surface area contributed by atoms with Crippen molar-refractivity contribution in [3.05, 3.63) is 17.5 Å². The zero-order valence-corrected chi connectivity index (χ0v) is 12.3. The lowest BCUT2D eigenvalue weighted by atomic mass is 10.2. The van der Waals surface area contributed by atoms with E-state index < -0.39 is 0 Å². The number of nitrogens with one attached hydrogen (secondary N) is 1. The molecule has 1 N–H and O–H groups in total. The number of likely N-dealkylation sites (N-methyl/N-ethyl adjacent to an activating group) is 1. The van der Waals surface area contributed by atoms with Crippen LogP contribution in [0.2, 0.25) is 0 Å². The normalized spacial score (nSPS) is 18.1. The molecule has 1 aliphatic rings. The minimum absolute atomic E-state index is 0.356. The number of hydrogen-bond acceptors (Lipinski definition) is 6. The van der Waals surface area contributed by atoms with Crippen molar-refractivity contribution in [1.82, 2.24) is 15.3 Å². The Hall–Kier alpha value is -1.69. The first-order valence-corrected chi connectivity index (χ1v) is 7.15. The van der Waals surface area contributed by atoms with E-state index in [1.165, 1.54) is 0 Å². The van der Waals surface area contributed by atoms with Gasteiger partial charge in [0.05, 0.1) is 17.9 Å². The average Bonchev–Trinajstić information content (AvgIpc) is 2.94. The fraction of sp³-hybridized carbons (Fsp3) is 0.643. The van der Waals surface area contributed by atoms with Gasteiger partial charge in [-0.1, -0.05) is 0 Å². The van der Waals surface area contributed by atoms with Gasteiger partial charge >= 0.3 is 5.97 Å². The van der Waals surface area contributed by atoms with Gasteiger partial charge in [-0.15, -0.1) is 0 Å². The summed E-state index contributed by atoms with van der Waals surface area (Å²) in [4.78, 5) is 22.8. The van der Waals surface area contributed by atoms with E-state index in [0.717, 1.165) is 26.1 Å². The molecule has 0 saturated carbocycles. The number of rotatable bonds is 5. The van der Waals surface area contributed by atoms with E-state index in [4.69, 9.17) is 4.74 Å². The standard InChI is InChI=1S/C14H22N4O2/c1-4-18(11-6-7-15-8-11)14-16-9-12(10(3)17-14)13(19)20-5-2/h9,11,15H,4-8H2,1-3H3. The highest BCUT2D eigenvalue weighted by atomic mass is 16.5. The molecule has 0 aliphatic carbocycles. The lowest BCUT2D eigenvalue weighted by Crippen LogP contribution is -2.38. The van der Waals surface area contributed by atoms with Gasteiger partial charge in [0.2, 0.25) is 5.95 Å². The Bertz CT molecular complexity index is 472. The molecular formula is C14H22N4O2. The molecule has 6 nitrogen and oxygen atoms in total. The van der Waals surface area contributed by atoms with Crippen LogP contribution in [-0.2, 0) is 4.74 Å². The fourth-order valence-electron chi connectivity index (χ4n) is 2.47. The molecule has 1 unspecified atom stereocenters. The molecule has 20 heavy (non-hydrogen) atoms. The first-order chi connectivity index (χ1) is 9.67. The molecule has 1 aromatic heterocycles. The first-order valence-electron chi connectivity index (χ1n) is 7.15. The Balaban J connectivity index is 2.20. The molecule has 1 aliphatic heterocycles. The number of nitrogens with zero attached hydrogens (tertiary/aromatic N) is 3. The minimum Gasteiger partial charge on any atom is -0.462 e. The smallest absolute Gasteiger partial charge is 0.341 e. The number of ether oxygens (including phenoxy) is 1. The van der Waals surface area contributed by atoms with Crippen molar-refractivity contribution in [3.8, 4) is 0 Å². The van der Waals surface area contributed by atoms with E-state index in [1.54, 1.807) is 13.1 Å². The summed E-state index contributed by atoms with van der Waals surface area (Å²) >= 11 is 0. The van der Waals surface area contributed by atoms with Crippen LogP contribution in [0.3, 0.4) is 0 Å². The van der Waals surface area contributed by atoms with Crippen molar-refractivity contribution in [3.63, 3.8) is 0 Å². The topological polar surface area (TPSA) is 67.3 Å². The zero-order chi connectivity index (χ0) is 14.5. The quantitative estimate of drug-likeness (QED) is 0.815. The number of anilines is 1. The molecule has 0 aromatic carbocycles. The van der Waals surface area contributed by atoms with Crippen LogP contribution in [0.5, 0.6) is 0 Å². The third kappa shape index (κ3) is 3.07. The van der Waals surface area contributed by atoms with Gasteiger partial charge in [0.15, 0.2) is 0 Å². The Labute approximate surface area is 119 Å². The lowest BCUT2D eigenvalue weighted by molar-refractivity contribution is 0.0524. The molecule has 1 saturated heterocycles. The predicted molar refractivity (Wildman–Crippen MR) is 77.0 cm³/mol. The summed E-state index contributed by atoms with van der Waals surface area (Å²) in [7, 11) is 0. The van der Waals surface area contributed by atoms with E-state index >= 15 is 0 Å². The summed E-state index contributed by atoms with van der Waals surface area (Å²) in [6.45, 7) is 8.89. The minimum atomic E-state index is -0.359. The molecule has 1 fully saturated rings. The Morgan fingerprint density at radius 1 is 1.55 bits per heavy atom. The van der Waals surface area contributed by atoms with Gasteiger partial charge in [0.25, 0.3) is 0 Å². The highest BCUT2D eigenvalue weighted by Crippen LogP contribution is 2.17. The van der Waals surface area contributed by atoms with Crippen molar-refractivity contribution < 1.29 is 9.53 Å². The molecule has 110 valence electrons. The van der Waals surface area contributed by atoms with Crippen molar-refractivity contribution in [1.29, 1.82) is 0 Å². The third-order valence-electron chi connectivity index (χ3n) is 3.53. The van der Waals surface area contributed by atoms with Gasteiger partial charge in [-0.25, -0.2) is 14.8 Å². The molecule has 6 heteroatoms. The van der Waals surface area contributed by atoms with Gasteiger partial charge in [-0.2, -0.15) is 0 Å². The second kappa shape index (κ2) is 6.65. The van der Waals surface area contributed by atoms with Crippen LogP contribution in [0.4, 0.5) is 5.95 Å². The molecule has 0 amide bonds. The van der Waals surface area contributed by atoms with Crippen LogP contribution in [0, 0.1) is 6.92 Å². The van der Waals surface area contributed by atoms with Crippen LogP contribution >= 0.6 is 0 Å². The van der Waals surface area contributed by atoms with E-state index in [-0.39, 0.29) is 5.97 Å². The fourth-order valence-corrected chi connectivity index (χ4v) is 2.47. The number of aryl methyl sites for hydroxylation is 1. The molecular weight excluding hydrogens is 256 g/mol. The summed E-state index contributed by atoms with van der Waals surface area (Å²) < 4.78 is 4.99. The van der Waals surface area contributed by atoms with Crippen LogP contribution in [0.1, 0.15) is 36.3 Å². The highest BCUT2D eigenvalue weighted by molar-refractivity contribution is 5.90. The van der Waals surface area contributed by atoms with Crippen LogP contribution in [-0.4, -0.2) is 48.2 Å². The summed E-state index contributed by atoms with van der Waals surface area (Å²) in [6, 6.07) is 0.424. The Kier molecular flexibility index (Phi) is 4.89. The van der Waals surface area contributed by atoms with E-state index in [2.05, 4.69) is 27.1 Å². The molecule has 1 atom stereocenters. The maximum absolute atomic E-state index is 11.7. The van der Waals surface area contributed by atoms with Crippen LogP contribution < -0.4 is 10.2 Å². The van der Waals surface area contributed by atoms with Gasteiger partial charge < -0.3 is 15.0 Å². The number of hydrogen-bond donors (Lipinski definition) is 1. The van der Waals surface area contributed by atoms with Crippen molar-refractivity contribution in [2.75, 3.05) is 31.1 Å². The van der Waals surface area contributed by atoms with Gasteiger partial charge in [0, 0.05) is 25.3 Å². The number of carbonyl (C=O) groups is 1. The third-order valence-corrected chi connectivity index (χ3v) is 3.53. The first kappa shape index (κ1) is 14.7. The number of aromatic nitrogens is 2. The number of esters is 1. The SMILES string of the molecule is CCOC(=O)c1cnc(N(CC)C2CCNC2)nc1C. The Morgan fingerprint density at radius 3 is 2.90 bits per heavy atom. The molecule has 1 aromatic rings. The molecule has 0 bridgehead atoms. The van der Waals surface area contributed by atoms with Gasteiger partial charge in [0.1, 0.15) is 0 Å². The lowest BCUT2D eigenvalue weighted by Gasteiger charge is -2.27. The second-order valence-corrected chi connectivity index (χ2v) is 4.82. The molecule has 0 radical (unpaired) electrons. The maximum atomic E-state index is 11.7. The van der Waals surface area contributed by atoms with Crippen LogP contribution in [0.25, 0.3) is 0 Å². The Morgan fingerprint density at radius 2 is 2.35 bits per heavy atom. The van der Waals surface area contributed by atoms with Crippen molar-refractivity contribution in [2.24, 2.45) is 0 Å². The molecule has 2 rings (SSSR count). The second-order valence-electron chi connectivity index (χ2n) is 4.82. The largest absolute Gasteiger partial charge is 0.462 e. The maximum Gasteiger partial charge on any atom is 0.341 e. The van der Waals surface area contributed by atoms with Gasteiger partial charge in [-0.3, -0.25) is 0 Å². The predicted octanol–water partition coefficient (Wildman–Crippen LogP) is 1.15. The summed E-state index contributed by atoms with van der Waals surface area (Å²) in [5.74, 6) is 0.328. The summed E-state index contributed by atoms with van der Waals surface area (Å²) in [6.07, 6.45) is 2.66. The van der Waals surface area contributed by atoms with Crippen molar-refractivity contribution in [2.45, 2.75) is 33.2 Å². The van der Waals surface area contributed by atoms with Crippen molar-refractivity contribution >= 4 is 11.9 Å². The average molecular weight is 278 g/mol. The number of carbonyl (C=O) groups excluding carboxylic acids is 1. The monoisotopic (exact) mass is 278 g/mol. The highest BCUT2D eigenvalue weighted by Gasteiger charge is 2.24. The molecule has 0 spiro atoms. The van der Waals surface area contributed by atoms with E-state index in [1.807, 2.05) is 6.92 Å². The van der Waals surface area contributed by atoms with E-state index in [0.29, 0.717) is 29.9 Å².